The van der Waals surface area contributed by atoms with Crippen LogP contribution in [0.4, 0.5) is 11.4 Å². The van der Waals surface area contributed by atoms with Crippen molar-refractivity contribution in [1.82, 2.24) is 0 Å². The quantitative estimate of drug-likeness (QED) is 0.465. The van der Waals surface area contributed by atoms with Gasteiger partial charge in [-0.2, -0.15) is 0 Å². The van der Waals surface area contributed by atoms with Gasteiger partial charge in [0.1, 0.15) is 0 Å². The lowest BCUT2D eigenvalue weighted by atomic mass is 10.2. The lowest BCUT2D eigenvalue weighted by molar-refractivity contribution is 0.563. The molecule has 1 rings (SSSR count). The maximum Gasteiger partial charge on any atom is 0.157 e. The molecule has 12 heavy (non-hydrogen) atoms. The Bertz CT molecular complexity index is 294. The molecule has 0 aromatic heterocycles. The molecule has 66 valence electrons. The van der Waals surface area contributed by atoms with E-state index >= 15 is 0 Å². The third kappa shape index (κ3) is 2.52. The lowest BCUT2D eigenvalue weighted by Crippen LogP contribution is -1.97. The van der Waals surface area contributed by atoms with Gasteiger partial charge in [0, 0.05) is 11.4 Å². The van der Waals surface area contributed by atoms with Crippen LogP contribution in [0.3, 0.4) is 0 Å². The Morgan fingerprint density at radius 2 is 1.75 bits per heavy atom. The summed E-state index contributed by atoms with van der Waals surface area (Å²) in [6.07, 6.45) is 0. The molecule has 1 aromatic rings. The number of benzene rings is 1. The molecule has 0 amide bonds. The Kier molecular flexibility index (Phi) is 2.67. The van der Waals surface area contributed by atoms with Crippen molar-refractivity contribution in [3.63, 3.8) is 0 Å². The van der Waals surface area contributed by atoms with Crippen molar-refractivity contribution < 1.29 is 8.76 Å². The highest BCUT2D eigenvalue weighted by Crippen LogP contribution is 2.14. The molecule has 0 fully saturated rings. The molecule has 5 N–H and O–H groups in total. The van der Waals surface area contributed by atoms with E-state index in [1.165, 1.54) is 0 Å². The second kappa shape index (κ2) is 3.55. The van der Waals surface area contributed by atoms with Crippen LogP contribution in [-0.2, 0) is 16.8 Å². The molecule has 1 aromatic carbocycles. The molecule has 0 saturated heterocycles. The van der Waals surface area contributed by atoms with Crippen molar-refractivity contribution in [2.24, 2.45) is 0 Å². The number of hydrogen-bond acceptors (Lipinski definition) is 3. The molecule has 4 nitrogen and oxygen atoms in total. The molecular formula is C7H10N2O2S. The minimum atomic E-state index is -1.84. The predicted octanol–water partition coefficient (Wildman–Crippen LogP) is 0.573. The molecule has 1 unspecified atom stereocenters. The zero-order valence-electron chi connectivity index (χ0n) is 6.36. The first-order valence-corrected chi connectivity index (χ1v) is 4.58. The van der Waals surface area contributed by atoms with Crippen LogP contribution < -0.4 is 11.5 Å². The molecule has 1 atom stereocenters. The van der Waals surface area contributed by atoms with E-state index in [0.29, 0.717) is 16.9 Å². The van der Waals surface area contributed by atoms with Crippen molar-refractivity contribution >= 4 is 22.5 Å². The third-order valence-corrected chi connectivity index (χ3v) is 1.91. The van der Waals surface area contributed by atoms with E-state index in [1.807, 2.05) is 0 Å². The number of anilines is 2. The maximum atomic E-state index is 10.4. The molecule has 0 spiro atoms. The Hall–Kier alpha value is -1.07. The molecule has 0 aliphatic carbocycles. The van der Waals surface area contributed by atoms with E-state index in [9.17, 15) is 4.21 Å². The fourth-order valence-electron chi connectivity index (χ4n) is 0.972. The number of nitrogen functional groups attached to an aromatic ring is 2. The van der Waals surface area contributed by atoms with Gasteiger partial charge in [-0.25, -0.2) is 4.21 Å². The third-order valence-electron chi connectivity index (χ3n) is 1.33. The Morgan fingerprint density at radius 1 is 1.25 bits per heavy atom. The first kappa shape index (κ1) is 9.02. The van der Waals surface area contributed by atoms with E-state index in [4.69, 9.17) is 16.0 Å². The van der Waals surface area contributed by atoms with Crippen LogP contribution in [0.1, 0.15) is 5.56 Å². The first-order valence-electron chi connectivity index (χ1n) is 3.30. The fourth-order valence-corrected chi connectivity index (χ4v) is 1.42. The summed E-state index contributed by atoms with van der Waals surface area (Å²) in [7, 11) is 0. The van der Waals surface area contributed by atoms with Gasteiger partial charge in [-0.3, -0.25) is 0 Å². The highest BCUT2D eigenvalue weighted by molar-refractivity contribution is 7.78. The average molecular weight is 186 g/mol. The maximum absolute atomic E-state index is 10.4. The van der Waals surface area contributed by atoms with Crippen LogP contribution in [0.15, 0.2) is 18.2 Å². The van der Waals surface area contributed by atoms with Crippen molar-refractivity contribution in [1.29, 1.82) is 0 Å². The second-order valence-corrected chi connectivity index (χ2v) is 3.41. The smallest absolute Gasteiger partial charge is 0.157 e. The number of nitrogens with two attached hydrogens (primary N) is 2. The van der Waals surface area contributed by atoms with Gasteiger partial charge >= 0.3 is 0 Å². The van der Waals surface area contributed by atoms with E-state index in [0.717, 1.165) is 0 Å². The van der Waals surface area contributed by atoms with E-state index in [1.54, 1.807) is 18.2 Å². The monoisotopic (exact) mass is 186 g/mol. The molecule has 0 heterocycles. The van der Waals surface area contributed by atoms with Gasteiger partial charge in [0.25, 0.3) is 0 Å². The van der Waals surface area contributed by atoms with Crippen molar-refractivity contribution in [3.8, 4) is 0 Å². The average Bonchev–Trinajstić information content (AvgIpc) is 1.81. The van der Waals surface area contributed by atoms with Gasteiger partial charge in [0.05, 0.1) is 5.75 Å². The van der Waals surface area contributed by atoms with Crippen LogP contribution in [0.5, 0.6) is 0 Å². The molecule has 0 aliphatic rings. The van der Waals surface area contributed by atoms with E-state index < -0.39 is 11.1 Å². The molecular weight excluding hydrogens is 176 g/mol. The van der Waals surface area contributed by atoms with Gasteiger partial charge in [-0.1, -0.05) is 0 Å². The van der Waals surface area contributed by atoms with Gasteiger partial charge < -0.3 is 16.0 Å². The minimum absolute atomic E-state index is 0.0647. The molecule has 5 heteroatoms. The van der Waals surface area contributed by atoms with Crippen molar-refractivity contribution in [3.05, 3.63) is 23.8 Å². The summed E-state index contributed by atoms with van der Waals surface area (Å²) in [6.45, 7) is 0. The molecule has 0 saturated carbocycles. The summed E-state index contributed by atoms with van der Waals surface area (Å²) in [5, 5.41) is 0. The normalized spacial score (nSPS) is 12.8. The van der Waals surface area contributed by atoms with Crippen LogP contribution in [0.2, 0.25) is 0 Å². The Morgan fingerprint density at radius 3 is 2.17 bits per heavy atom. The Labute approximate surface area is 72.9 Å². The summed E-state index contributed by atoms with van der Waals surface area (Å²) in [5.41, 5.74) is 12.6. The van der Waals surface area contributed by atoms with Gasteiger partial charge in [-0.05, 0) is 23.8 Å². The standard InChI is InChI=1S/C7H10N2O2S/c8-6-1-5(4-12(10)11)2-7(9)3-6/h1-3H,4,8-9H2,(H,10,11). The number of hydrogen-bond donors (Lipinski definition) is 3. The van der Waals surface area contributed by atoms with Crippen molar-refractivity contribution in [2.45, 2.75) is 5.75 Å². The topological polar surface area (TPSA) is 89.3 Å². The van der Waals surface area contributed by atoms with Gasteiger partial charge in [0.15, 0.2) is 11.1 Å². The minimum Gasteiger partial charge on any atom is -0.399 e. The highest BCUT2D eigenvalue weighted by Gasteiger charge is 1.99. The zero-order chi connectivity index (χ0) is 9.14. The van der Waals surface area contributed by atoms with Gasteiger partial charge in [-0.15, -0.1) is 0 Å². The Balaban J connectivity index is 2.93. The van der Waals surface area contributed by atoms with Crippen LogP contribution in [-0.4, -0.2) is 8.76 Å². The molecule has 0 aliphatic heterocycles. The van der Waals surface area contributed by atoms with Crippen LogP contribution in [0, 0.1) is 0 Å². The molecule has 0 bridgehead atoms. The van der Waals surface area contributed by atoms with Gasteiger partial charge in [0.2, 0.25) is 0 Å². The summed E-state index contributed by atoms with van der Waals surface area (Å²) < 4.78 is 19.0. The predicted molar refractivity (Wildman–Crippen MR) is 49.7 cm³/mol. The van der Waals surface area contributed by atoms with Crippen LogP contribution >= 0.6 is 0 Å². The summed E-state index contributed by atoms with van der Waals surface area (Å²) >= 11 is -1.84. The summed E-state index contributed by atoms with van der Waals surface area (Å²) in [6, 6.07) is 4.86. The SMILES string of the molecule is Nc1cc(N)cc(CS(=O)O)c1. The van der Waals surface area contributed by atoms with Crippen LogP contribution in [0.25, 0.3) is 0 Å². The highest BCUT2D eigenvalue weighted by atomic mass is 32.2. The largest absolute Gasteiger partial charge is 0.399 e. The summed E-state index contributed by atoms with van der Waals surface area (Å²) in [5.74, 6) is 0.0647. The van der Waals surface area contributed by atoms with E-state index in [-0.39, 0.29) is 5.75 Å². The molecule has 0 radical (unpaired) electrons. The zero-order valence-corrected chi connectivity index (χ0v) is 7.17. The first-order chi connectivity index (χ1) is 5.58. The second-order valence-electron chi connectivity index (χ2n) is 2.47. The summed E-state index contributed by atoms with van der Waals surface area (Å²) in [4.78, 5) is 0. The van der Waals surface area contributed by atoms with Crippen molar-refractivity contribution in [2.75, 3.05) is 11.5 Å². The number of rotatable bonds is 2. The van der Waals surface area contributed by atoms with E-state index in [2.05, 4.69) is 0 Å². The fraction of sp³-hybridized carbons (Fsp3) is 0.143. The lowest BCUT2D eigenvalue weighted by Gasteiger charge is -2.01.